The van der Waals surface area contributed by atoms with Gasteiger partial charge >= 0.3 is 0 Å². The zero-order valence-corrected chi connectivity index (χ0v) is 8.75. The predicted molar refractivity (Wildman–Crippen MR) is 56.4 cm³/mol. The first-order valence-corrected chi connectivity index (χ1v) is 5.03. The molecular formula is C11H17N3. The Morgan fingerprint density at radius 3 is 2.71 bits per heavy atom. The summed E-state index contributed by atoms with van der Waals surface area (Å²) in [7, 11) is 0. The maximum absolute atomic E-state index is 5.60. The van der Waals surface area contributed by atoms with Crippen LogP contribution in [0.3, 0.4) is 0 Å². The van der Waals surface area contributed by atoms with E-state index in [4.69, 9.17) is 5.84 Å². The van der Waals surface area contributed by atoms with Gasteiger partial charge in [0.1, 0.15) is 0 Å². The Kier molecular flexibility index (Phi) is 2.29. The minimum absolute atomic E-state index is 0.245. The van der Waals surface area contributed by atoms with E-state index < -0.39 is 0 Å². The van der Waals surface area contributed by atoms with Gasteiger partial charge in [0.2, 0.25) is 0 Å². The summed E-state index contributed by atoms with van der Waals surface area (Å²) in [4.78, 5) is 4.20. The van der Waals surface area contributed by atoms with E-state index in [1.165, 1.54) is 24.0 Å². The van der Waals surface area contributed by atoms with Crippen molar-refractivity contribution in [1.29, 1.82) is 0 Å². The smallest absolute Gasteiger partial charge is 0.0528 e. The Hall–Kier alpha value is -0.930. The van der Waals surface area contributed by atoms with Crippen molar-refractivity contribution < 1.29 is 0 Å². The fourth-order valence-electron chi connectivity index (χ4n) is 1.92. The van der Waals surface area contributed by atoms with Crippen LogP contribution in [-0.2, 0) is 0 Å². The number of hydrogen-bond acceptors (Lipinski definition) is 3. The van der Waals surface area contributed by atoms with Gasteiger partial charge in [-0.2, -0.15) is 0 Å². The van der Waals surface area contributed by atoms with Gasteiger partial charge in [-0.25, -0.2) is 0 Å². The Bertz CT molecular complexity index is 331. The molecule has 2 rings (SSSR count). The molecule has 1 heterocycles. The molecule has 0 amide bonds. The molecule has 0 bridgehead atoms. The first-order valence-electron chi connectivity index (χ1n) is 5.03. The molecule has 0 aliphatic heterocycles. The summed E-state index contributed by atoms with van der Waals surface area (Å²) in [5.74, 6) is 5.60. The van der Waals surface area contributed by atoms with Crippen LogP contribution in [0.1, 0.15) is 36.9 Å². The number of pyridine rings is 1. The van der Waals surface area contributed by atoms with Crippen LogP contribution in [0.5, 0.6) is 0 Å². The summed E-state index contributed by atoms with van der Waals surface area (Å²) in [6, 6.07) is 2.40. The second kappa shape index (κ2) is 3.33. The Morgan fingerprint density at radius 2 is 2.21 bits per heavy atom. The summed E-state index contributed by atoms with van der Waals surface area (Å²) in [6.07, 6.45) is 6.26. The third-order valence-corrected chi connectivity index (χ3v) is 3.13. The van der Waals surface area contributed by atoms with E-state index in [-0.39, 0.29) is 6.04 Å². The molecule has 3 nitrogen and oxygen atoms in total. The Balaban J connectivity index is 2.27. The lowest BCUT2D eigenvalue weighted by Gasteiger charge is -2.22. The van der Waals surface area contributed by atoms with Crippen LogP contribution in [0.2, 0.25) is 0 Å². The number of hydrogen-bond donors (Lipinski definition) is 2. The van der Waals surface area contributed by atoms with Gasteiger partial charge in [0.15, 0.2) is 0 Å². The molecule has 0 aromatic carbocycles. The number of nitrogens with zero attached hydrogens (tertiary/aromatic N) is 1. The molecule has 1 atom stereocenters. The molecule has 1 saturated carbocycles. The number of aryl methyl sites for hydroxylation is 1. The van der Waals surface area contributed by atoms with E-state index in [2.05, 4.69) is 30.3 Å². The topological polar surface area (TPSA) is 50.9 Å². The van der Waals surface area contributed by atoms with Crippen molar-refractivity contribution in [2.45, 2.75) is 32.7 Å². The minimum atomic E-state index is 0.245. The second-order valence-corrected chi connectivity index (χ2v) is 4.55. The van der Waals surface area contributed by atoms with Gasteiger partial charge in [-0.05, 0) is 36.3 Å². The third kappa shape index (κ3) is 1.65. The van der Waals surface area contributed by atoms with Crippen molar-refractivity contribution in [3.05, 3.63) is 29.6 Å². The molecule has 0 saturated heterocycles. The van der Waals surface area contributed by atoms with Gasteiger partial charge < -0.3 is 0 Å². The first-order chi connectivity index (χ1) is 6.65. The molecule has 1 aliphatic carbocycles. The molecule has 0 spiro atoms. The average molecular weight is 191 g/mol. The van der Waals surface area contributed by atoms with Crippen LogP contribution >= 0.6 is 0 Å². The first kappa shape index (κ1) is 9.62. The molecular weight excluding hydrogens is 174 g/mol. The van der Waals surface area contributed by atoms with Crippen molar-refractivity contribution >= 4 is 0 Å². The highest BCUT2D eigenvalue weighted by Crippen LogP contribution is 2.53. The number of nitrogens with one attached hydrogen (secondary N) is 1. The third-order valence-electron chi connectivity index (χ3n) is 3.13. The highest BCUT2D eigenvalue weighted by Gasteiger charge is 2.45. The van der Waals surface area contributed by atoms with Crippen molar-refractivity contribution in [3.8, 4) is 0 Å². The van der Waals surface area contributed by atoms with Crippen LogP contribution in [-0.4, -0.2) is 4.98 Å². The standard InChI is InChI=1S/C11H17N3/c1-8-5-9(7-13-6-8)10(14-12)11(2)3-4-11/h5-7,10,14H,3-4,12H2,1-2H3. The summed E-state index contributed by atoms with van der Waals surface area (Å²) in [5.41, 5.74) is 5.63. The maximum Gasteiger partial charge on any atom is 0.0528 e. The minimum Gasteiger partial charge on any atom is -0.271 e. The number of aromatic nitrogens is 1. The molecule has 1 aromatic rings. The largest absolute Gasteiger partial charge is 0.271 e. The second-order valence-electron chi connectivity index (χ2n) is 4.55. The zero-order valence-electron chi connectivity index (χ0n) is 8.75. The van der Waals surface area contributed by atoms with E-state index in [1.807, 2.05) is 12.4 Å². The number of rotatable bonds is 3. The lowest BCUT2D eigenvalue weighted by Crippen LogP contribution is -2.33. The molecule has 1 aromatic heterocycles. The van der Waals surface area contributed by atoms with Crippen molar-refractivity contribution in [2.24, 2.45) is 11.3 Å². The lowest BCUT2D eigenvalue weighted by molar-refractivity contribution is 0.371. The van der Waals surface area contributed by atoms with Crippen molar-refractivity contribution in [3.63, 3.8) is 0 Å². The van der Waals surface area contributed by atoms with Gasteiger partial charge in [-0.15, -0.1) is 0 Å². The molecule has 1 aliphatic rings. The van der Waals surface area contributed by atoms with Crippen LogP contribution in [0.15, 0.2) is 18.5 Å². The van der Waals surface area contributed by atoms with E-state index in [0.29, 0.717) is 5.41 Å². The fraction of sp³-hybridized carbons (Fsp3) is 0.545. The van der Waals surface area contributed by atoms with Crippen LogP contribution in [0, 0.1) is 12.3 Å². The zero-order chi connectivity index (χ0) is 10.2. The summed E-state index contributed by atoms with van der Waals surface area (Å²) in [6.45, 7) is 4.32. The van der Waals surface area contributed by atoms with Gasteiger partial charge in [-0.1, -0.05) is 13.0 Å². The van der Waals surface area contributed by atoms with Crippen molar-refractivity contribution in [2.75, 3.05) is 0 Å². The van der Waals surface area contributed by atoms with E-state index in [0.717, 1.165) is 0 Å². The highest BCUT2D eigenvalue weighted by atomic mass is 15.2. The molecule has 1 fully saturated rings. The summed E-state index contributed by atoms with van der Waals surface area (Å²) < 4.78 is 0. The van der Waals surface area contributed by atoms with Crippen LogP contribution < -0.4 is 11.3 Å². The van der Waals surface area contributed by atoms with Gasteiger partial charge in [0, 0.05) is 12.4 Å². The monoisotopic (exact) mass is 191 g/mol. The molecule has 0 radical (unpaired) electrons. The molecule has 76 valence electrons. The lowest BCUT2D eigenvalue weighted by atomic mass is 9.93. The van der Waals surface area contributed by atoms with Gasteiger partial charge in [-0.3, -0.25) is 16.3 Å². The fourth-order valence-corrected chi connectivity index (χ4v) is 1.92. The summed E-state index contributed by atoms with van der Waals surface area (Å²) >= 11 is 0. The highest BCUT2D eigenvalue weighted by molar-refractivity contribution is 5.24. The molecule has 3 heteroatoms. The quantitative estimate of drug-likeness (QED) is 0.564. The predicted octanol–water partition coefficient (Wildman–Crippen LogP) is 1.69. The maximum atomic E-state index is 5.60. The van der Waals surface area contributed by atoms with Crippen molar-refractivity contribution in [1.82, 2.24) is 10.4 Å². The summed E-state index contributed by atoms with van der Waals surface area (Å²) in [5, 5.41) is 0. The van der Waals surface area contributed by atoms with E-state index in [9.17, 15) is 0 Å². The molecule has 14 heavy (non-hydrogen) atoms. The SMILES string of the molecule is Cc1cncc(C(NN)C2(C)CC2)c1. The average Bonchev–Trinajstić information content (AvgIpc) is 2.85. The molecule has 1 unspecified atom stereocenters. The molecule has 3 N–H and O–H groups in total. The normalized spacial score (nSPS) is 20.5. The Morgan fingerprint density at radius 1 is 1.50 bits per heavy atom. The Labute approximate surface area is 84.7 Å². The van der Waals surface area contributed by atoms with E-state index >= 15 is 0 Å². The van der Waals surface area contributed by atoms with Crippen LogP contribution in [0.4, 0.5) is 0 Å². The van der Waals surface area contributed by atoms with Crippen LogP contribution in [0.25, 0.3) is 0 Å². The number of nitrogens with two attached hydrogens (primary N) is 1. The van der Waals surface area contributed by atoms with E-state index in [1.54, 1.807) is 0 Å². The number of hydrazine groups is 1. The van der Waals surface area contributed by atoms with Gasteiger partial charge in [0.05, 0.1) is 6.04 Å². The van der Waals surface area contributed by atoms with Gasteiger partial charge in [0.25, 0.3) is 0 Å².